The molecule has 1 fully saturated rings. The highest BCUT2D eigenvalue weighted by Gasteiger charge is 2.46. The van der Waals surface area contributed by atoms with Crippen LogP contribution in [0.25, 0.3) is 5.76 Å². The fraction of sp³-hybridized carbons (Fsp3) is 0.233. The molecule has 2 aromatic carbocycles. The normalized spacial score (nSPS) is 17.0. The predicted octanol–water partition coefficient (Wildman–Crippen LogP) is 5.70. The number of carbonyl (C=O) groups excluding carboxylic acids is 2. The Kier molecular flexibility index (Phi) is 7.34. The monoisotopic (exact) mass is 482 g/mol. The van der Waals surface area contributed by atoms with Gasteiger partial charge in [0.2, 0.25) is 0 Å². The van der Waals surface area contributed by atoms with Crippen LogP contribution in [0.4, 0.5) is 0 Å². The molecular weight excluding hydrogens is 452 g/mol. The zero-order valence-electron chi connectivity index (χ0n) is 20.8. The van der Waals surface area contributed by atoms with Crippen LogP contribution < -0.4 is 4.74 Å². The van der Waals surface area contributed by atoms with Crippen LogP contribution in [-0.2, 0) is 16.1 Å². The number of nitrogens with zero attached hydrogens (tertiary/aromatic N) is 2. The van der Waals surface area contributed by atoms with Crippen molar-refractivity contribution in [3.8, 4) is 5.75 Å². The lowest BCUT2D eigenvalue weighted by molar-refractivity contribution is -0.140. The fourth-order valence-corrected chi connectivity index (χ4v) is 4.40. The maximum atomic E-state index is 13.3. The predicted molar refractivity (Wildman–Crippen MR) is 139 cm³/mol. The van der Waals surface area contributed by atoms with Crippen molar-refractivity contribution in [2.24, 2.45) is 0 Å². The van der Waals surface area contributed by atoms with Gasteiger partial charge in [-0.15, -0.1) is 0 Å². The van der Waals surface area contributed by atoms with Gasteiger partial charge in [-0.25, -0.2) is 0 Å². The third kappa shape index (κ3) is 4.93. The third-order valence-electron chi connectivity index (χ3n) is 6.34. The molecule has 0 spiro atoms. The molecule has 1 aliphatic rings. The lowest BCUT2D eigenvalue weighted by atomic mass is 9.93. The topological polar surface area (TPSA) is 79.7 Å². The summed E-state index contributed by atoms with van der Waals surface area (Å²) in [4.78, 5) is 32.2. The molecule has 1 aliphatic heterocycles. The van der Waals surface area contributed by atoms with Crippen molar-refractivity contribution in [2.75, 3.05) is 6.61 Å². The van der Waals surface area contributed by atoms with E-state index in [1.54, 1.807) is 42.7 Å². The summed E-state index contributed by atoms with van der Waals surface area (Å²) in [5.41, 5.74) is 4.01. The molecule has 184 valence electrons. The Labute approximate surface area is 211 Å². The van der Waals surface area contributed by atoms with Crippen molar-refractivity contribution < 1.29 is 19.4 Å². The van der Waals surface area contributed by atoms with Crippen LogP contribution in [-0.4, -0.2) is 33.3 Å². The smallest absolute Gasteiger partial charge is 0.295 e. The summed E-state index contributed by atoms with van der Waals surface area (Å²) >= 11 is 0. The first kappa shape index (κ1) is 24.9. The maximum absolute atomic E-state index is 13.3. The van der Waals surface area contributed by atoms with Crippen molar-refractivity contribution >= 4 is 17.4 Å². The molecule has 36 heavy (non-hydrogen) atoms. The minimum Gasteiger partial charge on any atom is -0.507 e. The number of aryl methyl sites for hydroxylation is 1. The first-order valence-electron chi connectivity index (χ1n) is 11.9. The highest BCUT2D eigenvalue weighted by Crippen LogP contribution is 2.41. The summed E-state index contributed by atoms with van der Waals surface area (Å²) in [7, 11) is 0. The molecule has 1 atom stereocenters. The number of aromatic nitrogens is 1. The number of hydrogen-bond donors (Lipinski definition) is 1. The third-order valence-corrected chi connectivity index (χ3v) is 6.34. The number of carbonyl (C=O) groups is 2. The van der Waals surface area contributed by atoms with Gasteiger partial charge in [-0.05, 0) is 59.4 Å². The number of ketones is 1. The first-order valence-corrected chi connectivity index (χ1v) is 11.9. The first-order chi connectivity index (χ1) is 17.3. The van der Waals surface area contributed by atoms with E-state index < -0.39 is 17.7 Å². The molecule has 1 N–H and O–H groups in total. The van der Waals surface area contributed by atoms with Gasteiger partial charge in [-0.2, -0.15) is 0 Å². The number of pyridine rings is 1. The summed E-state index contributed by atoms with van der Waals surface area (Å²) in [5, 5.41) is 11.4. The molecule has 0 radical (unpaired) electrons. The number of Topliss-reactive ketones (excluding diaryl/α,β-unsaturated/α-hetero) is 1. The fourth-order valence-electron chi connectivity index (χ4n) is 4.40. The van der Waals surface area contributed by atoms with Crippen LogP contribution >= 0.6 is 0 Å². The van der Waals surface area contributed by atoms with Crippen LogP contribution in [0, 0.1) is 6.92 Å². The summed E-state index contributed by atoms with van der Waals surface area (Å²) < 4.78 is 5.64. The van der Waals surface area contributed by atoms with Crippen LogP contribution in [0.5, 0.6) is 5.75 Å². The minimum atomic E-state index is -0.733. The van der Waals surface area contributed by atoms with Crippen molar-refractivity contribution in [1.29, 1.82) is 0 Å². The lowest BCUT2D eigenvalue weighted by Gasteiger charge is -2.25. The second kappa shape index (κ2) is 10.6. The second-order valence-corrected chi connectivity index (χ2v) is 9.19. The molecule has 1 amide bonds. The standard InChI is InChI=1S/C30H30N2O4/c1-5-15-36-25-13-12-24(16-20(25)4)28(33)26-27(23-10-8-22(9-11-23)19(2)3)32(30(35)29(26)34)18-21-7-6-14-31-17-21/h5-14,16-17,19,27,33H,1,15,18H2,2-4H3. The van der Waals surface area contributed by atoms with Crippen LogP contribution in [0.3, 0.4) is 0 Å². The molecular formula is C30H30N2O4. The van der Waals surface area contributed by atoms with E-state index in [4.69, 9.17) is 4.74 Å². The number of amides is 1. The van der Waals surface area contributed by atoms with Crippen molar-refractivity contribution in [3.63, 3.8) is 0 Å². The SMILES string of the molecule is C=CCOc1ccc(C(O)=C2C(=O)C(=O)N(Cc3cccnc3)C2c2ccc(C(C)C)cc2)cc1C. The summed E-state index contributed by atoms with van der Waals surface area (Å²) in [6, 6.07) is 15.9. The number of benzene rings is 2. The van der Waals surface area contributed by atoms with Crippen molar-refractivity contribution in [3.05, 3.63) is 113 Å². The zero-order chi connectivity index (χ0) is 25.8. The number of aliphatic hydroxyl groups is 1. The average molecular weight is 483 g/mol. The molecule has 3 aromatic rings. The van der Waals surface area contributed by atoms with Crippen molar-refractivity contribution in [1.82, 2.24) is 9.88 Å². The summed E-state index contributed by atoms with van der Waals surface area (Å²) in [6.07, 6.45) is 4.98. The Bertz CT molecular complexity index is 1310. The second-order valence-electron chi connectivity index (χ2n) is 9.19. The number of likely N-dealkylation sites (tertiary alicyclic amines) is 1. The van der Waals surface area contributed by atoms with E-state index in [0.29, 0.717) is 23.8 Å². The molecule has 1 aromatic heterocycles. The van der Waals surface area contributed by atoms with Gasteiger partial charge in [-0.3, -0.25) is 14.6 Å². The van der Waals surface area contributed by atoms with Gasteiger partial charge >= 0.3 is 0 Å². The van der Waals surface area contributed by atoms with E-state index in [0.717, 1.165) is 22.3 Å². The Morgan fingerprint density at radius 3 is 2.53 bits per heavy atom. The zero-order valence-corrected chi connectivity index (χ0v) is 20.8. The lowest BCUT2D eigenvalue weighted by Crippen LogP contribution is -2.29. The Morgan fingerprint density at radius 1 is 1.17 bits per heavy atom. The number of hydrogen-bond acceptors (Lipinski definition) is 5. The van der Waals surface area contributed by atoms with Crippen LogP contribution in [0.2, 0.25) is 0 Å². The van der Waals surface area contributed by atoms with Gasteiger partial charge < -0.3 is 14.7 Å². The number of aliphatic hydroxyl groups excluding tert-OH is 1. The number of ether oxygens (including phenoxy) is 1. The maximum Gasteiger partial charge on any atom is 0.295 e. The molecule has 2 heterocycles. The molecule has 6 heteroatoms. The quantitative estimate of drug-likeness (QED) is 0.193. The molecule has 0 aliphatic carbocycles. The van der Waals surface area contributed by atoms with E-state index in [1.807, 2.05) is 37.3 Å². The van der Waals surface area contributed by atoms with Crippen LogP contribution in [0.15, 0.2) is 85.2 Å². The molecule has 0 bridgehead atoms. The summed E-state index contributed by atoms with van der Waals surface area (Å²) in [5.74, 6) is -0.576. The van der Waals surface area contributed by atoms with Gasteiger partial charge in [0.25, 0.3) is 11.7 Å². The van der Waals surface area contributed by atoms with E-state index >= 15 is 0 Å². The molecule has 1 saturated heterocycles. The average Bonchev–Trinajstić information content (AvgIpc) is 3.13. The minimum absolute atomic E-state index is 0.0698. The largest absolute Gasteiger partial charge is 0.507 e. The van der Waals surface area contributed by atoms with E-state index in [1.165, 1.54) is 4.90 Å². The molecule has 6 nitrogen and oxygen atoms in total. The summed E-state index contributed by atoms with van der Waals surface area (Å²) in [6.45, 7) is 10.3. The highest BCUT2D eigenvalue weighted by molar-refractivity contribution is 6.46. The highest BCUT2D eigenvalue weighted by atomic mass is 16.5. The number of rotatable bonds is 8. The van der Waals surface area contributed by atoms with Crippen LogP contribution in [0.1, 0.15) is 53.6 Å². The van der Waals surface area contributed by atoms with Gasteiger partial charge in [0.05, 0.1) is 11.6 Å². The van der Waals surface area contributed by atoms with Gasteiger partial charge in [0, 0.05) is 24.5 Å². The van der Waals surface area contributed by atoms with Gasteiger partial charge in [0.1, 0.15) is 18.1 Å². The Balaban J connectivity index is 1.82. The molecule has 1 unspecified atom stereocenters. The Hall–Kier alpha value is -4.19. The van der Waals surface area contributed by atoms with Gasteiger partial charge in [-0.1, -0.05) is 56.8 Å². The Morgan fingerprint density at radius 2 is 1.92 bits per heavy atom. The van der Waals surface area contributed by atoms with Crippen molar-refractivity contribution in [2.45, 2.75) is 39.3 Å². The van der Waals surface area contributed by atoms with E-state index in [2.05, 4.69) is 25.4 Å². The molecule has 0 saturated carbocycles. The molecule has 4 rings (SSSR count). The van der Waals surface area contributed by atoms with Gasteiger partial charge in [0.15, 0.2) is 0 Å². The van der Waals surface area contributed by atoms with E-state index in [-0.39, 0.29) is 17.9 Å². The van der Waals surface area contributed by atoms with E-state index in [9.17, 15) is 14.7 Å².